The van der Waals surface area contributed by atoms with E-state index in [1.165, 1.54) is 0 Å². The predicted molar refractivity (Wildman–Crippen MR) is 66.7 cm³/mol. The maximum atomic E-state index is 10.6. The first kappa shape index (κ1) is 12.0. The number of carbonyl (C=O) groups excluding carboxylic acids is 1. The van der Waals surface area contributed by atoms with E-state index in [0.29, 0.717) is 24.5 Å². The number of carbonyl (C=O) groups is 1. The molecule has 6 heteroatoms. The maximum absolute atomic E-state index is 10.6. The van der Waals surface area contributed by atoms with E-state index in [1.54, 1.807) is 18.3 Å². The number of furan rings is 1. The van der Waals surface area contributed by atoms with Crippen LogP contribution in [0.25, 0.3) is 11.6 Å². The smallest absolute Gasteiger partial charge is 0.195 e. The number of aromatic nitrogens is 2. The molecule has 0 aliphatic carbocycles. The van der Waals surface area contributed by atoms with Gasteiger partial charge in [0.1, 0.15) is 6.10 Å². The van der Waals surface area contributed by atoms with Crippen molar-refractivity contribution in [2.24, 2.45) is 0 Å². The Morgan fingerprint density at radius 1 is 1.37 bits per heavy atom. The van der Waals surface area contributed by atoms with Gasteiger partial charge in [0.05, 0.1) is 12.3 Å². The molecule has 1 atom stereocenters. The van der Waals surface area contributed by atoms with Crippen LogP contribution in [-0.4, -0.2) is 36.0 Å². The minimum Gasteiger partial charge on any atom is -0.450 e. The van der Waals surface area contributed by atoms with Crippen LogP contribution >= 0.6 is 0 Å². The average Bonchev–Trinajstić information content (AvgIpc) is 2.97. The summed E-state index contributed by atoms with van der Waals surface area (Å²) in [5.74, 6) is 1.20. The zero-order chi connectivity index (χ0) is 13.1. The fourth-order valence-corrected chi connectivity index (χ4v) is 1.96. The van der Waals surface area contributed by atoms with Gasteiger partial charge in [-0.3, -0.25) is 4.79 Å². The van der Waals surface area contributed by atoms with E-state index >= 15 is 0 Å². The number of aldehydes is 1. The Labute approximate surface area is 109 Å². The summed E-state index contributed by atoms with van der Waals surface area (Å²) in [5, 5.41) is 3.25. The largest absolute Gasteiger partial charge is 0.450 e. The molecule has 1 N–H and O–H groups in total. The SMILES string of the molecule is O=Cc1ccc(-c2nccc(C3CNCCO3)n2)o1. The van der Waals surface area contributed by atoms with Gasteiger partial charge in [0, 0.05) is 19.3 Å². The molecule has 0 aromatic carbocycles. The molecule has 0 spiro atoms. The molecule has 1 fully saturated rings. The zero-order valence-electron chi connectivity index (χ0n) is 10.2. The first-order chi connectivity index (χ1) is 9.36. The summed E-state index contributed by atoms with van der Waals surface area (Å²) in [7, 11) is 0. The van der Waals surface area contributed by atoms with Crippen molar-refractivity contribution in [1.82, 2.24) is 15.3 Å². The van der Waals surface area contributed by atoms with Crippen molar-refractivity contribution in [3.05, 3.63) is 35.9 Å². The Bertz CT molecular complexity index is 576. The van der Waals surface area contributed by atoms with Crippen molar-refractivity contribution in [2.75, 3.05) is 19.7 Å². The minimum atomic E-state index is -0.0731. The lowest BCUT2D eigenvalue weighted by atomic mass is 10.2. The second-order valence-electron chi connectivity index (χ2n) is 4.19. The first-order valence-corrected chi connectivity index (χ1v) is 6.07. The van der Waals surface area contributed by atoms with E-state index in [1.807, 2.05) is 6.07 Å². The van der Waals surface area contributed by atoms with Crippen LogP contribution in [0.5, 0.6) is 0 Å². The molecule has 1 aliphatic heterocycles. The summed E-state index contributed by atoms with van der Waals surface area (Å²) in [6.07, 6.45) is 2.25. The summed E-state index contributed by atoms with van der Waals surface area (Å²) in [6, 6.07) is 5.10. The van der Waals surface area contributed by atoms with E-state index in [2.05, 4.69) is 15.3 Å². The third kappa shape index (κ3) is 2.54. The minimum absolute atomic E-state index is 0.0731. The van der Waals surface area contributed by atoms with Crippen molar-refractivity contribution in [2.45, 2.75) is 6.10 Å². The Balaban J connectivity index is 1.88. The quantitative estimate of drug-likeness (QED) is 0.835. The molecule has 1 saturated heterocycles. The number of rotatable bonds is 3. The molecule has 0 bridgehead atoms. The van der Waals surface area contributed by atoms with Gasteiger partial charge in [0.25, 0.3) is 0 Å². The lowest BCUT2D eigenvalue weighted by Gasteiger charge is -2.23. The Hall–Kier alpha value is -2.05. The third-order valence-electron chi connectivity index (χ3n) is 2.90. The number of hydrogen-bond acceptors (Lipinski definition) is 6. The van der Waals surface area contributed by atoms with Crippen molar-refractivity contribution < 1.29 is 13.9 Å². The number of nitrogens with one attached hydrogen (secondary N) is 1. The highest BCUT2D eigenvalue weighted by Crippen LogP contribution is 2.21. The van der Waals surface area contributed by atoms with Crippen molar-refractivity contribution in [1.29, 1.82) is 0 Å². The molecule has 0 amide bonds. The van der Waals surface area contributed by atoms with E-state index < -0.39 is 0 Å². The van der Waals surface area contributed by atoms with E-state index in [4.69, 9.17) is 9.15 Å². The van der Waals surface area contributed by atoms with E-state index in [0.717, 1.165) is 18.8 Å². The zero-order valence-corrected chi connectivity index (χ0v) is 10.2. The van der Waals surface area contributed by atoms with E-state index in [9.17, 15) is 4.79 Å². The van der Waals surface area contributed by atoms with Gasteiger partial charge in [-0.15, -0.1) is 0 Å². The maximum Gasteiger partial charge on any atom is 0.195 e. The molecule has 3 rings (SSSR count). The average molecular weight is 259 g/mol. The molecular formula is C13H13N3O3. The highest BCUT2D eigenvalue weighted by Gasteiger charge is 2.18. The van der Waals surface area contributed by atoms with Gasteiger partial charge in [-0.25, -0.2) is 9.97 Å². The number of morpholine rings is 1. The highest BCUT2D eigenvalue weighted by atomic mass is 16.5. The Morgan fingerprint density at radius 2 is 2.32 bits per heavy atom. The fraction of sp³-hybridized carbons (Fsp3) is 0.308. The van der Waals surface area contributed by atoms with Crippen LogP contribution in [0.3, 0.4) is 0 Å². The molecular weight excluding hydrogens is 246 g/mol. The fourth-order valence-electron chi connectivity index (χ4n) is 1.96. The van der Waals surface area contributed by atoms with Crippen molar-refractivity contribution >= 4 is 6.29 Å². The topological polar surface area (TPSA) is 77.2 Å². The summed E-state index contributed by atoms with van der Waals surface area (Å²) in [4.78, 5) is 19.2. The van der Waals surface area contributed by atoms with E-state index in [-0.39, 0.29) is 11.9 Å². The molecule has 2 aromatic rings. The van der Waals surface area contributed by atoms with Crippen LogP contribution in [0.15, 0.2) is 28.8 Å². The lowest BCUT2D eigenvalue weighted by molar-refractivity contribution is 0.0250. The molecule has 1 aliphatic rings. The van der Waals surface area contributed by atoms with Gasteiger partial charge < -0.3 is 14.5 Å². The molecule has 1 unspecified atom stereocenters. The van der Waals surface area contributed by atoms with Gasteiger partial charge in [0.15, 0.2) is 23.6 Å². The van der Waals surface area contributed by atoms with Crippen LogP contribution < -0.4 is 5.32 Å². The summed E-state index contributed by atoms with van der Waals surface area (Å²) >= 11 is 0. The summed E-state index contributed by atoms with van der Waals surface area (Å²) < 4.78 is 11.0. The monoisotopic (exact) mass is 259 g/mol. The van der Waals surface area contributed by atoms with Gasteiger partial charge in [-0.1, -0.05) is 0 Å². The van der Waals surface area contributed by atoms with Crippen LogP contribution in [0, 0.1) is 0 Å². The summed E-state index contributed by atoms with van der Waals surface area (Å²) in [6.45, 7) is 2.25. The molecule has 2 aromatic heterocycles. The van der Waals surface area contributed by atoms with Crippen molar-refractivity contribution in [3.8, 4) is 11.6 Å². The molecule has 19 heavy (non-hydrogen) atoms. The summed E-state index contributed by atoms with van der Waals surface area (Å²) in [5.41, 5.74) is 0.807. The number of ether oxygens (including phenoxy) is 1. The predicted octanol–water partition coefficient (Wildman–Crippen LogP) is 1.21. The molecule has 3 heterocycles. The van der Waals surface area contributed by atoms with Gasteiger partial charge in [-0.05, 0) is 18.2 Å². The molecule has 6 nitrogen and oxygen atoms in total. The standard InChI is InChI=1S/C13H13N3O3/c17-8-9-1-2-11(19-9)13-15-4-3-10(16-13)12-7-14-5-6-18-12/h1-4,8,12,14H,5-7H2. The van der Waals surface area contributed by atoms with Crippen LogP contribution in [0.4, 0.5) is 0 Å². The van der Waals surface area contributed by atoms with Crippen LogP contribution in [0.2, 0.25) is 0 Å². The Morgan fingerprint density at radius 3 is 3.05 bits per heavy atom. The van der Waals surface area contributed by atoms with Crippen molar-refractivity contribution in [3.63, 3.8) is 0 Å². The number of hydrogen-bond donors (Lipinski definition) is 1. The number of nitrogens with zero attached hydrogens (tertiary/aromatic N) is 2. The van der Waals surface area contributed by atoms with Gasteiger partial charge in [0.2, 0.25) is 0 Å². The highest BCUT2D eigenvalue weighted by molar-refractivity contribution is 5.71. The third-order valence-corrected chi connectivity index (χ3v) is 2.90. The van der Waals surface area contributed by atoms with Crippen LogP contribution in [-0.2, 0) is 4.74 Å². The normalized spacial score (nSPS) is 19.3. The van der Waals surface area contributed by atoms with Gasteiger partial charge >= 0.3 is 0 Å². The first-order valence-electron chi connectivity index (χ1n) is 6.07. The molecule has 98 valence electrons. The van der Waals surface area contributed by atoms with Gasteiger partial charge in [-0.2, -0.15) is 0 Å². The molecule has 0 saturated carbocycles. The lowest BCUT2D eigenvalue weighted by Crippen LogP contribution is -2.33. The second kappa shape index (κ2) is 5.29. The Kier molecular flexibility index (Phi) is 3.35. The molecule has 0 radical (unpaired) electrons. The van der Waals surface area contributed by atoms with Crippen LogP contribution in [0.1, 0.15) is 22.4 Å². The second-order valence-corrected chi connectivity index (χ2v) is 4.19.